The molecule has 2 nitrogen and oxygen atoms in total. The molecule has 3 heteroatoms. The van der Waals surface area contributed by atoms with Crippen LogP contribution in [0.25, 0.3) is 0 Å². The van der Waals surface area contributed by atoms with Crippen LogP contribution in [-0.2, 0) is 6.42 Å². The summed E-state index contributed by atoms with van der Waals surface area (Å²) >= 11 is 0. The molecule has 2 aliphatic rings. The Labute approximate surface area is 121 Å². The zero-order valence-electron chi connectivity index (χ0n) is 12.4. The summed E-state index contributed by atoms with van der Waals surface area (Å²) in [5.41, 5.74) is 1.88. The molecule has 3 rings (SSSR count). The molecule has 2 aliphatic heterocycles. The van der Waals surface area contributed by atoms with E-state index < -0.39 is 0 Å². The second kappa shape index (κ2) is 6.13. The van der Waals surface area contributed by atoms with E-state index in [1.54, 1.807) is 6.07 Å². The molecule has 0 N–H and O–H groups in total. The third kappa shape index (κ3) is 2.83. The maximum atomic E-state index is 14.3. The fraction of sp³-hybridized carbons (Fsp3) is 0.647. The van der Waals surface area contributed by atoms with Gasteiger partial charge in [-0.1, -0.05) is 25.8 Å². The Morgan fingerprint density at radius 3 is 2.85 bits per heavy atom. The van der Waals surface area contributed by atoms with Crippen molar-refractivity contribution in [2.45, 2.75) is 45.1 Å². The molecule has 2 heterocycles. The average Bonchev–Trinajstić information content (AvgIpc) is 2.71. The molecule has 2 fully saturated rings. The largest absolute Gasteiger partial charge is 0.366 e. The van der Waals surface area contributed by atoms with Gasteiger partial charge in [0.05, 0.1) is 5.69 Å². The smallest absolute Gasteiger partial charge is 0.146 e. The van der Waals surface area contributed by atoms with Crippen molar-refractivity contribution < 1.29 is 4.39 Å². The van der Waals surface area contributed by atoms with E-state index >= 15 is 0 Å². The molecule has 0 aromatic heterocycles. The molecule has 0 radical (unpaired) electrons. The topological polar surface area (TPSA) is 6.48 Å². The number of hydrogen-bond acceptors (Lipinski definition) is 2. The summed E-state index contributed by atoms with van der Waals surface area (Å²) in [6, 6.07) is 6.37. The Balaban J connectivity index is 1.75. The lowest BCUT2D eigenvalue weighted by molar-refractivity contribution is 0.180. The lowest BCUT2D eigenvalue weighted by atomic mass is 10.1. The molecular formula is C17H25FN2. The third-order valence-electron chi connectivity index (χ3n) is 4.85. The summed E-state index contributed by atoms with van der Waals surface area (Å²) in [5, 5.41) is 0. The normalized spacial score (nSPS) is 24.3. The van der Waals surface area contributed by atoms with Crippen molar-refractivity contribution in [3.8, 4) is 0 Å². The molecule has 1 atom stereocenters. The van der Waals surface area contributed by atoms with E-state index in [4.69, 9.17) is 0 Å². The first-order chi connectivity index (χ1) is 9.78. The van der Waals surface area contributed by atoms with Crippen LogP contribution in [0.4, 0.5) is 10.1 Å². The number of piperazine rings is 1. The van der Waals surface area contributed by atoms with Crippen molar-refractivity contribution >= 4 is 5.69 Å². The van der Waals surface area contributed by atoms with Gasteiger partial charge < -0.3 is 4.90 Å². The van der Waals surface area contributed by atoms with Crippen LogP contribution in [0, 0.1) is 5.82 Å². The summed E-state index contributed by atoms with van der Waals surface area (Å²) in [6.45, 7) is 6.33. The fourth-order valence-electron chi connectivity index (χ4n) is 3.58. The van der Waals surface area contributed by atoms with Gasteiger partial charge in [0.25, 0.3) is 0 Å². The van der Waals surface area contributed by atoms with Crippen LogP contribution in [0.3, 0.4) is 0 Å². The van der Waals surface area contributed by atoms with Gasteiger partial charge in [0.15, 0.2) is 0 Å². The van der Waals surface area contributed by atoms with E-state index in [-0.39, 0.29) is 5.82 Å². The molecule has 1 aromatic carbocycles. The van der Waals surface area contributed by atoms with Gasteiger partial charge in [-0.05, 0) is 43.5 Å². The number of aryl methyl sites for hydroxylation is 1. The second-order valence-corrected chi connectivity index (χ2v) is 6.12. The van der Waals surface area contributed by atoms with E-state index in [1.165, 1.54) is 32.2 Å². The average molecular weight is 276 g/mol. The summed E-state index contributed by atoms with van der Waals surface area (Å²) in [7, 11) is 0. The molecule has 20 heavy (non-hydrogen) atoms. The minimum absolute atomic E-state index is 0.0496. The number of benzene rings is 1. The predicted molar refractivity (Wildman–Crippen MR) is 81.8 cm³/mol. The predicted octanol–water partition coefficient (Wildman–Crippen LogP) is 3.45. The second-order valence-electron chi connectivity index (χ2n) is 6.12. The van der Waals surface area contributed by atoms with Crippen LogP contribution in [-0.4, -0.2) is 37.1 Å². The molecule has 0 amide bonds. The van der Waals surface area contributed by atoms with Crippen LogP contribution in [0.15, 0.2) is 18.2 Å². The molecule has 110 valence electrons. The van der Waals surface area contributed by atoms with Crippen LogP contribution in [0.1, 0.15) is 38.2 Å². The quantitative estimate of drug-likeness (QED) is 0.816. The Kier molecular flexibility index (Phi) is 4.25. The van der Waals surface area contributed by atoms with Gasteiger partial charge in [-0.15, -0.1) is 0 Å². The zero-order valence-corrected chi connectivity index (χ0v) is 12.4. The van der Waals surface area contributed by atoms with Gasteiger partial charge in [-0.3, -0.25) is 4.90 Å². The molecular weight excluding hydrogens is 251 g/mol. The molecule has 1 unspecified atom stereocenters. The van der Waals surface area contributed by atoms with E-state index in [9.17, 15) is 4.39 Å². The van der Waals surface area contributed by atoms with E-state index in [2.05, 4.69) is 22.8 Å². The summed E-state index contributed by atoms with van der Waals surface area (Å²) in [4.78, 5) is 4.86. The first-order valence-corrected chi connectivity index (χ1v) is 8.05. The van der Waals surface area contributed by atoms with Gasteiger partial charge in [0.2, 0.25) is 0 Å². The SMILES string of the molecule is CCc1ccc(N2CCN3CCCCCC3C2)c(F)c1. The van der Waals surface area contributed by atoms with Gasteiger partial charge in [-0.2, -0.15) is 0 Å². The van der Waals surface area contributed by atoms with E-state index in [1.807, 2.05) is 6.07 Å². The first-order valence-electron chi connectivity index (χ1n) is 8.05. The zero-order chi connectivity index (χ0) is 13.9. The number of fused-ring (bicyclic) bond motifs is 1. The minimum Gasteiger partial charge on any atom is -0.366 e. The van der Waals surface area contributed by atoms with E-state index in [0.29, 0.717) is 6.04 Å². The molecule has 0 bridgehead atoms. The number of halogens is 1. The summed E-state index contributed by atoms with van der Waals surface area (Å²) < 4.78 is 14.3. The lowest BCUT2D eigenvalue weighted by Crippen LogP contribution is -2.53. The van der Waals surface area contributed by atoms with Crippen LogP contribution in [0.5, 0.6) is 0 Å². The minimum atomic E-state index is -0.0496. The highest BCUT2D eigenvalue weighted by atomic mass is 19.1. The number of rotatable bonds is 2. The first kappa shape index (κ1) is 13.9. The van der Waals surface area contributed by atoms with Crippen molar-refractivity contribution in [2.75, 3.05) is 31.1 Å². The van der Waals surface area contributed by atoms with Gasteiger partial charge in [0.1, 0.15) is 5.82 Å². The number of nitrogens with zero attached hydrogens (tertiary/aromatic N) is 2. The Bertz CT molecular complexity index is 460. The van der Waals surface area contributed by atoms with Crippen LogP contribution in [0.2, 0.25) is 0 Å². The molecule has 1 aromatic rings. The van der Waals surface area contributed by atoms with E-state index in [0.717, 1.165) is 37.3 Å². The van der Waals surface area contributed by atoms with Gasteiger partial charge in [-0.25, -0.2) is 4.39 Å². The monoisotopic (exact) mass is 276 g/mol. The Morgan fingerprint density at radius 2 is 2.05 bits per heavy atom. The molecule has 0 spiro atoms. The van der Waals surface area contributed by atoms with Crippen LogP contribution >= 0.6 is 0 Å². The number of hydrogen-bond donors (Lipinski definition) is 0. The highest BCUT2D eigenvalue weighted by Crippen LogP contribution is 2.27. The maximum absolute atomic E-state index is 14.3. The highest BCUT2D eigenvalue weighted by molar-refractivity contribution is 5.50. The van der Waals surface area contributed by atoms with Crippen molar-refractivity contribution in [3.63, 3.8) is 0 Å². The Morgan fingerprint density at radius 1 is 1.15 bits per heavy atom. The maximum Gasteiger partial charge on any atom is 0.146 e. The van der Waals surface area contributed by atoms with Crippen molar-refractivity contribution in [1.29, 1.82) is 0 Å². The fourth-order valence-corrected chi connectivity index (χ4v) is 3.58. The Hall–Kier alpha value is -1.09. The van der Waals surface area contributed by atoms with Crippen molar-refractivity contribution in [3.05, 3.63) is 29.6 Å². The van der Waals surface area contributed by atoms with Crippen LogP contribution < -0.4 is 4.90 Å². The molecule has 0 aliphatic carbocycles. The molecule has 2 saturated heterocycles. The van der Waals surface area contributed by atoms with Gasteiger partial charge in [0, 0.05) is 25.7 Å². The molecule has 0 saturated carbocycles. The highest BCUT2D eigenvalue weighted by Gasteiger charge is 2.28. The summed E-state index contributed by atoms with van der Waals surface area (Å²) in [6.07, 6.45) is 6.17. The van der Waals surface area contributed by atoms with Crippen molar-refractivity contribution in [1.82, 2.24) is 4.90 Å². The van der Waals surface area contributed by atoms with Gasteiger partial charge >= 0.3 is 0 Å². The lowest BCUT2D eigenvalue weighted by Gasteiger charge is -2.41. The standard InChI is InChI=1S/C17H25FN2/c1-2-14-7-8-17(16(18)12-14)20-11-10-19-9-5-3-4-6-15(19)13-20/h7-8,12,15H,2-6,9-11,13H2,1H3. The third-order valence-corrected chi connectivity index (χ3v) is 4.85. The summed E-state index contributed by atoms with van der Waals surface area (Å²) in [5.74, 6) is -0.0496. The van der Waals surface area contributed by atoms with Crippen molar-refractivity contribution in [2.24, 2.45) is 0 Å². The number of anilines is 1.